The number of rotatable bonds is 3. The minimum Gasteiger partial charge on any atom is -0.432 e. The summed E-state index contributed by atoms with van der Waals surface area (Å²) in [6, 6.07) is 9.45. The second-order valence-electron chi connectivity index (χ2n) is 5.69. The average Bonchev–Trinajstić information content (AvgIpc) is 3.23. The van der Waals surface area contributed by atoms with Crippen LogP contribution in [0.2, 0.25) is 0 Å². The SMILES string of the molecule is N=C(CO)[n+]1cc(-c2c(-c3ccc(F)cc3)nc3occn23)ccc1N. The molecule has 0 saturated heterocycles. The van der Waals surface area contributed by atoms with E-state index in [1.165, 1.54) is 23.0 Å². The molecule has 130 valence electrons. The summed E-state index contributed by atoms with van der Waals surface area (Å²) >= 11 is 0. The Hall–Kier alpha value is -3.52. The first kappa shape index (κ1) is 16.0. The molecule has 0 fully saturated rings. The fourth-order valence-corrected chi connectivity index (χ4v) is 2.83. The van der Waals surface area contributed by atoms with Crippen LogP contribution in [0.25, 0.3) is 28.4 Å². The highest BCUT2D eigenvalue weighted by Gasteiger charge is 2.20. The molecule has 4 rings (SSSR count). The molecule has 1 aromatic carbocycles. The van der Waals surface area contributed by atoms with Crippen molar-refractivity contribution in [2.45, 2.75) is 0 Å². The number of hydrogen-bond donors (Lipinski definition) is 3. The number of nitrogens with zero attached hydrogens (tertiary/aromatic N) is 3. The number of nitrogens with two attached hydrogens (primary N) is 1. The summed E-state index contributed by atoms with van der Waals surface area (Å²) in [5, 5.41) is 17.1. The van der Waals surface area contributed by atoms with E-state index in [-0.39, 0.29) is 11.7 Å². The molecule has 0 amide bonds. The monoisotopic (exact) mass is 352 g/mol. The van der Waals surface area contributed by atoms with Crippen LogP contribution in [0.5, 0.6) is 0 Å². The minimum atomic E-state index is -0.448. The van der Waals surface area contributed by atoms with Crippen molar-refractivity contribution in [3.63, 3.8) is 0 Å². The molecule has 0 radical (unpaired) electrons. The summed E-state index contributed by atoms with van der Waals surface area (Å²) in [6.07, 6.45) is 4.89. The Bertz CT molecular complexity index is 1110. The maximum Gasteiger partial charge on any atom is 0.306 e. The molecular formula is C18H15FN5O2+. The van der Waals surface area contributed by atoms with Crippen molar-refractivity contribution >= 4 is 17.5 Å². The Labute approximate surface area is 147 Å². The standard InChI is InChI=1S/C18H14FN5O2/c19-13-4-1-11(2-5-13)16-17(23-7-8-26-18(23)22-16)12-3-6-14(20)24(9-12)15(21)10-25/h1-9,20-21,25H,10H2/p+1. The molecule has 3 aromatic heterocycles. The quantitative estimate of drug-likeness (QED) is 0.298. The Morgan fingerprint density at radius 1 is 1.23 bits per heavy atom. The third kappa shape index (κ3) is 2.52. The van der Waals surface area contributed by atoms with E-state index in [9.17, 15) is 9.50 Å². The summed E-state index contributed by atoms with van der Waals surface area (Å²) in [6.45, 7) is -0.448. The zero-order chi connectivity index (χ0) is 18.3. The van der Waals surface area contributed by atoms with Gasteiger partial charge in [-0.25, -0.2) is 8.96 Å². The van der Waals surface area contributed by atoms with Crippen molar-refractivity contribution in [3.8, 4) is 22.5 Å². The van der Waals surface area contributed by atoms with Crippen molar-refractivity contribution in [1.29, 1.82) is 5.41 Å². The minimum absolute atomic E-state index is 0.0550. The van der Waals surface area contributed by atoms with Gasteiger partial charge in [0.05, 0.1) is 11.9 Å². The molecule has 7 nitrogen and oxygen atoms in total. The van der Waals surface area contributed by atoms with Crippen LogP contribution in [0, 0.1) is 11.2 Å². The summed E-state index contributed by atoms with van der Waals surface area (Å²) < 4.78 is 21.8. The number of halogens is 1. The van der Waals surface area contributed by atoms with E-state index < -0.39 is 6.61 Å². The maximum atomic E-state index is 13.3. The number of benzene rings is 1. The van der Waals surface area contributed by atoms with Crippen molar-refractivity contribution < 1.29 is 18.5 Å². The zero-order valence-electron chi connectivity index (χ0n) is 13.6. The molecule has 0 atom stereocenters. The smallest absolute Gasteiger partial charge is 0.306 e. The predicted molar refractivity (Wildman–Crippen MR) is 93.1 cm³/mol. The van der Waals surface area contributed by atoms with Crippen LogP contribution in [0.4, 0.5) is 10.2 Å². The number of pyridine rings is 1. The first-order chi connectivity index (χ1) is 12.6. The van der Waals surface area contributed by atoms with Crippen LogP contribution in [-0.4, -0.2) is 26.9 Å². The fraction of sp³-hybridized carbons (Fsp3) is 0.0556. The highest BCUT2D eigenvalue weighted by Crippen LogP contribution is 2.32. The molecule has 0 saturated carbocycles. The van der Waals surface area contributed by atoms with Crippen LogP contribution in [0.1, 0.15) is 0 Å². The van der Waals surface area contributed by atoms with Crippen LogP contribution in [-0.2, 0) is 0 Å². The van der Waals surface area contributed by atoms with Gasteiger partial charge in [0.15, 0.2) is 0 Å². The number of aromatic nitrogens is 3. The van der Waals surface area contributed by atoms with Gasteiger partial charge < -0.3 is 15.3 Å². The number of aliphatic hydroxyl groups excluding tert-OH is 1. The number of fused-ring (bicyclic) bond motifs is 1. The molecule has 4 N–H and O–H groups in total. The van der Waals surface area contributed by atoms with Crippen LogP contribution in [0.15, 0.2) is 59.5 Å². The lowest BCUT2D eigenvalue weighted by molar-refractivity contribution is -0.543. The highest BCUT2D eigenvalue weighted by atomic mass is 19.1. The van der Waals surface area contributed by atoms with E-state index in [2.05, 4.69) is 4.98 Å². The van der Waals surface area contributed by atoms with Gasteiger partial charge in [-0.15, -0.1) is 0 Å². The fourth-order valence-electron chi connectivity index (χ4n) is 2.83. The highest BCUT2D eigenvalue weighted by molar-refractivity contribution is 5.81. The van der Waals surface area contributed by atoms with E-state index in [0.717, 1.165) is 5.56 Å². The number of anilines is 1. The van der Waals surface area contributed by atoms with Gasteiger partial charge in [0.25, 0.3) is 5.84 Å². The first-order valence-corrected chi connectivity index (χ1v) is 7.80. The normalized spacial score (nSPS) is 11.2. The second kappa shape index (κ2) is 6.08. The molecule has 0 aliphatic carbocycles. The average molecular weight is 352 g/mol. The number of imidazole rings is 1. The largest absolute Gasteiger partial charge is 0.432 e. The molecule has 0 aliphatic heterocycles. The van der Waals surface area contributed by atoms with Gasteiger partial charge >= 0.3 is 5.84 Å². The lowest BCUT2D eigenvalue weighted by Crippen LogP contribution is -2.46. The predicted octanol–water partition coefficient (Wildman–Crippen LogP) is 2.09. The van der Waals surface area contributed by atoms with E-state index in [1.807, 2.05) is 0 Å². The Morgan fingerprint density at radius 2 is 1.96 bits per heavy atom. The van der Waals surface area contributed by atoms with Crippen molar-refractivity contribution in [1.82, 2.24) is 9.38 Å². The van der Waals surface area contributed by atoms with Gasteiger partial charge in [-0.05, 0) is 30.3 Å². The third-order valence-corrected chi connectivity index (χ3v) is 4.07. The summed E-state index contributed by atoms with van der Waals surface area (Å²) in [5.41, 5.74) is 8.66. The van der Waals surface area contributed by atoms with Gasteiger partial charge in [0.1, 0.15) is 24.4 Å². The Balaban J connectivity index is 1.96. The van der Waals surface area contributed by atoms with E-state index in [1.54, 1.807) is 41.1 Å². The van der Waals surface area contributed by atoms with E-state index in [0.29, 0.717) is 28.6 Å². The summed E-state index contributed by atoms with van der Waals surface area (Å²) in [5.74, 6) is 0.324. The van der Waals surface area contributed by atoms with Gasteiger partial charge in [-0.2, -0.15) is 10.4 Å². The van der Waals surface area contributed by atoms with Gasteiger partial charge in [-0.1, -0.05) is 0 Å². The van der Waals surface area contributed by atoms with Crippen LogP contribution in [0.3, 0.4) is 0 Å². The lowest BCUT2D eigenvalue weighted by atomic mass is 10.1. The molecule has 3 heterocycles. The molecule has 0 unspecified atom stereocenters. The second-order valence-corrected chi connectivity index (χ2v) is 5.69. The molecule has 8 heteroatoms. The molecule has 0 aliphatic rings. The molecule has 0 spiro atoms. The number of nitrogens with one attached hydrogen (secondary N) is 1. The van der Waals surface area contributed by atoms with Gasteiger partial charge in [0, 0.05) is 23.4 Å². The summed E-state index contributed by atoms with van der Waals surface area (Å²) in [4.78, 5) is 4.50. The number of oxazole rings is 1. The molecule has 26 heavy (non-hydrogen) atoms. The molecule has 4 aromatic rings. The lowest BCUT2D eigenvalue weighted by Gasteiger charge is -2.08. The van der Waals surface area contributed by atoms with Crippen LogP contribution >= 0.6 is 0 Å². The van der Waals surface area contributed by atoms with Gasteiger partial charge in [-0.3, -0.25) is 4.40 Å². The maximum absolute atomic E-state index is 13.3. The Kier molecular flexibility index (Phi) is 3.74. The van der Waals surface area contributed by atoms with Crippen molar-refractivity contribution in [3.05, 3.63) is 60.9 Å². The summed E-state index contributed by atoms with van der Waals surface area (Å²) in [7, 11) is 0. The van der Waals surface area contributed by atoms with E-state index in [4.69, 9.17) is 15.6 Å². The van der Waals surface area contributed by atoms with Gasteiger partial charge in [0.2, 0.25) is 5.82 Å². The van der Waals surface area contributed by atoms with Crippen LogP contribution < -0.4 is 10.3 Å². The van der Waals surface area contributed by atoms with E-state index >= 15 is 0 Å². The Morgan fingerprint density at radius 3 is 2.69 bits per heavy atom. The first-order valence-electron chi connectivity index (χ1n) is 7.80. The topological polar surface area (TPSA) is 104 Å². The zero-order valence-corrected chi connectivity index (χ0v) is 13.6. The number of hydrogen-bond acceptors (Lipinski definition) is 5. The third-order valence-electron chi connectivity index (χ3n) is 4.07. The molecule has 0 bridgehead atoms. The van der Waals surface area contributed by atoms with Crippen molar-refractivity contribution in [2.24, 2.45) is 0 Å². The molecular weight excluding hydrogens is 337 g/mol. The number of nitrogen functional groups attached to an aromatic ring is 1. The number of aliphatic hydroxyl groups is 1. The van der Waals surface area contributed by atoms with Crippen molar-refractivity contribution in [2.75, 3.05) is 12.3 Å².